The molecule has 0 saturated heterocycles. The fourth-order valence-corrected chi connectivity index (χ4v) is 3.00. The zero-order valence-electron chi connectivity index (χ0n) is 11.2. The van der Waals surface area contributed by atoms with Crippen LogP contribution in [0.4, 0.5) is 0 Å². The first-order valence-corrected chi connectivity index (χ1v) is 7.09. The van der Waals surface area contributed by atoms with Crippen molar-refractivity contribution in [2.45, 2.75) is 52.0 Å². The van der Waals surface area contributed by atoms with Gasteiger partial charge in [0.15, 0.2) is 0 Å². The van der Waals surface area contributed by atoms with Crippen LogP contribution in [0.2, 0.25) is 0 Å². The Hall–Kier alpha value is -0.820. The molecule has 0 heterocycles. The molecule has 1 fully saturated rings. The van der Waals surface area contributed by atoms with Crippen LogP contribution in [-0.4, -0.2) is 12.6 Å². The molecule has 2 rings (SSSR count). The standard InChI is InChI=1S/C16H25N/c1-3-11-17-16-10-6-9-15(16)12-14-8-5-4-7-13(14)2/h4-5,7-8,15-17H,3,6,9-12H2,1-2H3. The first-order chi connectivity index (χ1) is 8.31. The predicted octanol–water partition coefficient (Wildman–Crippen LogP) is 3.71. The Bertz CT molecular complexity index is 345. The number of aryl methyl sites for hydroxylation is 1. The van der Waals surface area contributed by atoms with Gasteiger partial charge >= 0.3 is 0 Å². The molecule has 1 heteroatoms. The van der Waals surface area contributed by atoms with Gasteiger partial charge in [0.25, 0.3) is 0 Å². The quantitative estimate of drug-likeness (QED) is 0.814. The second-order valence-electron chi connectivity index (χ2n) is 5.38. The third-order valence-electron chi connectivity index (χ3n) is 4.06. The average molecular weight is 231 g/mol. The van der Waals surface area contributed by atoms with Crippen molar-refractivity contribution in [3.63, 3.8) is 0 Å². The Balaban J connectivity index is 1.95. The lowest BCUT2D eigenvalue weighted by Crippen LogP contribution is -2.33. The van der Waals surface area contributed by atoms with Crippen LogP contribution in [0.25, 0.3) is 0 Å². The minimum absolute atomic E-state index is 0.759. The number of nitrogens with one attached hydrogen (secondary N) is 1. The van der Waals surface area contributed by atoms with Crippen LogP contribution in [0.1, 0.15) is 43.7 Å². The predicted molar refractivity (Wildman–Crippen MR) is 74.3 cm³/mol. The molecule has 1 aromatic carbocycles. The summed E-state index contributed by atoms with van der Waals surface area (Å²) in [5.74, 6) is 0.850. The summed E-state index contributed by atoms with van der Waals surface area (Å²) in [6.45, 7) is 5.66. The molecule has 1 aliphatic rings. The number of hydrogen-bond acceptors (Lipinski definition) is 1. The van der Waals surface area contributed by atoms with Crippen LogP contribution in [0.3, 0.4) is 0 Å². The van der Waals surface area contributed by atoms with Crippen LogP contribution < -0.4 is 5.32 Å². The van der Waals surface area contributed by atoms with Gasteiger partial charge in [0, 0.05) is 6.04 Å². The maximum absolute atomic E-state index is 3.72. The molecule has 1 aliphatic carbocycles. The number of rotatable bonds is 5. The van der Waals surface area contributed by atoms with E-state index in [1.54, 1.807) is 5.56 Å². The summed E-state index contributed by atoms with van der Waals surface area (Å²) in [7, 11) is 0. The van der Waals surface area contributed by atoms with E-state index < -0.39 is 0 Å². The minimum atomic E-state index is 0.759. The third kappa shape index (κ3) is 3.32. The summed E-state index contributed by atoms with van der Waals surface area (Å²) in [6, 6.07) is 9.60. The van der Waals surface area contributed by atoms with Gasteiger partial charge < -0.3 is 5.32 Å². The van der Waals surface area contributed by atoms with Gasteiger partial charge in [0.2, 0.25) is 0 Å². The zero-order valence-corrected chi connectivity index (χ0v) is 11.2. The Labute approximate surface area is 106 Å². The largest absolute Gasteiger partial charge is 0.314 e. The Morgan fingerprint density at radius 2 is 2.06 bits per heavy atom. The molecule has 0 amide bonds. The van der Waals surface area contributed by atoms with E-state index in [9.17, 15) is 0 Å². The van der Waals surface area contributed by atoms with E-state index >= 15 is 0 Å². The Kier molecular flexibility index (Phi) is 4.61. The highest BCUT2D eigenvalue weighted by Gasteiger charge is 2.26. The SMILES string of the molecule is CCCNC1CCCC1Cc1ccccc1C. The molecule has 0 bridgehead atoms. The van der Waals surface area contributed by atoms with Crippen LogP contribution in [0, 0.1) is 12.8 Å². The van der Waals surface area contributed by atoms with E-state index in [4.69, 9.17) is 0 Å². The van der Waals surface area contributed by atoms with Crippen molar-refractivity contribution < 1.29 is 0 Å². The lowest BCUT2D eigenvalue weighted by molar-refractivity contribution is 0.398. The Morgan fingerprint density at radius 1 is 1.24 bits per heavy atom. The summed E-state index contributed by atoms with van der Waals surface area (Å²) >= 11 is 0. The molecular weight excluding hydrogens is 206 g/mol. The molecule has 17 heavy (non-hydrogen) atoms. The van der Waals surface area contributed by atoms with Crippen molar-refractivity contribution >= 4 is 0 Å². The lowest BCUT2D eigenvalue weighted by atomic mass is 9.92. The smallest absolute Gasteiger partial charge is 0.00985 e. The first-order valence-electron chi connectivity index (χ1n) is 7.09. The van der Waals surface area contributed by atoms with Crippen LogP contribution in [-0.2, 0) is 6.42 Å². The van der Waals surface area contributed by atoms with E-state index in [0.29, 0.717) is 0 Å². The van der Waals surface area contributed by atoms with Gasteiger partial charge in [0.1, 0.15) is 0 Å². The molecular formula is C16H25N. The molecule has 0 aromatic heterocycles. The van der Waals surface area contributed by atoms with Crippen molar-refractivity contribution in [3.05, 3.63) is 35.4 Å². The maximum atomic E-state index is 3.72. The first kappa shape index (κ1) is 12.6. The van der Waals surface area contributed by atoms with E-state index in [1.165, 1.54) is 44.2 Å². The van der Waals surface area contributed by atoms with Crippen LogP contribution >= 0.6 is 0 Å². The summed E-state index contributed by atoms with van der Waals surface area (Å²) in [4.78, 5) is 0. The fraction of sp³-hybridized carbons (Fsp3) is 0.625. The summed E-state index contributed by atoms with van der Waals surface area (Å²) in [5.41, 5.74) is 3.00. The molecule has 0 spiro atoms. The van der Waals surface area contributed by atoms with E-state index in [1.807, 2.05) is 0 Å². The maximum Gasteiger partial charge on any atom is 0.00985 e. The lowest BCUT2D eigenvalue weighted by Gasteiger charge is -2.21. The van der Waals surface area contributed by atoms with Crippen molar-refractivity contribution in [1.29, 1.82) is 0 Å². The number of benzene rings is 1. The van der Waals surface area contributed by atoms with Gasteiger partial charge in [-0.1, -0.05) is 37.6 Å². The van der Waals surface area contributed by atoms with Gasteiger partial charge in [-0.3, -0.25) is 0 Å². The van der Waals surface area contributed by atoms with Crippen molar-refractivity contribution in [2.75, 3.05) is 6.54 Å². The third-order valence-corrected chi connectivity index (χ3v) is 4.06. The second-order valence-corrected chi connectivity index (χ2v) is 5.38. The highest BCUT2D eigenvalue weighted by Crippen LogP contribution is 2.29. The highest BCUT2D eigenvalue weighted by molar-refractivity contribution is 5.26. The minimum Gasteiger partial charge on any atom is -0.314 e. The molecule has 94 valence electrons. The number of hydrogen-bond donors (Lipinski definition) is 1. The molecule has 1 aromatic rings. The molecule has 2 atom stereocenters. The van der Waals surface area contributed by atoms with E-state index in [-0.39, 0.29) is 0 Å². The summed E-state index contributed by atoms with van der Waals surface area (Å²) in [5, 5.41) is 3.72. The summed E-state index contributed by atoms with van der Waals surface area (Å²) < 4.78 is 0. The summed E-state index contributed by atoms with van der Waals surface area (Å²) in [6.07, 6.45) is 6.67. The zero-order chi connectivity index (χ0) is 12.1. The molecule has 2 unspecified atom stereocenters. The van der Waals surface area contributed by atoms with Crippen LogP contribution in [0.15, 0.2) is 24.3 Å². The van der Waals surface area contributed by atoms with E-state index in [0.717, 1.165) is 12.0 Å². The van der Waals surface area contributed by atoms with Crippen molar-refractivity contribution in [2.24, 2.45) is 5.92 Å². The van der Waals surface area contributed by atoms with Crippen LogP contribution in [0.5, 0.6) is 0 Å². The van der Waals surface area contributed by atoms with Crippen molar-refractivity contribution in [3.8, 4) is 0 Å². The molecule has 1 nitrogen and oxygen atoms in total. The van der Waals surface area contributed by atoms with Gasteiger partial charge in [-0.05, 0) is 56.2 Å². The average Bonchev–Trinajstić information content (AvgIpc) is 2.77. The fourth-order valence-electron chi connectivity index (χ4n) is 3.00. The van der Waals surface area contributed by atoms with Gasteiger partial charge in [-0.25, -0.2) is 0 Å². The normalized spacial score (nSPS) is 24.1. The molecule has 0 aliphatic heterocycles. The van der Waals surface area contributed by atoms with Gasteiger partial charge in [-0.2, -0.15) is 0 Å². The second kappa shape index (κ2) is 6.20. The molecule has 0 radical (unpaired) electrons. The monoisotopic (exact) mass is 231 g/mol. The van der Waals surface area contributed by atoms with Gasteiger partial charge in [0.05, 0.1) is 0 Å². The topological polar surface area (TPSA) is 12.0 Å². The highest BCUT2D eigenvalue weighted by atomic mass is 14.9. The van der Waals surface area contributed by atoms with Gasteiger partial charge in [-0.15, -0.1) is 0 Å². The van der Waals surface area contributed by atoms with Crippen molar-refractivity contribution in [1.82, 2.24) is 5.32 Å². The van der Waals surface area contributed by atoms with E-state index in [2.05, 4.69) is 43.4 Å². The Morgan fingerprint density at radius 3 is 2.82 bits per heavy atom. The molecule has 1 saturated carbocycles. The molecule has 1 N–H and O–H groups in total.